The lowest BCUT2D eigenvalue weighted by atomic mass is 9.94. The van der Waals surface area contributed by atoms with Crippen molar-refractivity contribution >= 4 is 15.7 Å². The van der Waals surface area contributed by atoms with Crippen molar-refractivity contribution in [2.24, 2.45) is 5.41 Å². The van der Waals surface area contributed by atoms with Crippen LogP contribution in [0.5, 0.6) is 0 Å². The molecular formula is C11H16F2N2O2S. The first-order valence-electron chi connectivity index (χ1n) is 5.42. The van der Waals surface area contributed by atoms with Crippen molar-refractivity contribution in [3.8, 4) is 0 Å². The molecule has 0 fully saturated rings. The van der Waals surface area contributed by atoms with Crippen LogP contribution in [-0.2, 0) is 10.0 Å². The fourth-order valence-corrected chi connectivity index (χ4v) is 2.62. The van der Waals surface area contributed by atoms with Gasteiger partial charge < -0.3 is 0 Å². The first-order valence-corrected chi connectivity index (χ1v) is 7.07. The summed E-state index contributed by atoms with van der Waals surface area (Å²) in [6.07, 6.45) is 0.429. The minimum Gasteiger partial charge on any atom is -0.279 e. The van der Waals surface area contributed by atoms with Crippen LogP contribution in [0.4, 0.5) is 14.5 Å². The molecule has 1 aromatic heterocycles. The van der Waals surface area contributed by atoms with Crippen LogP contribution >= 0.6 is 0 Å². The number of hydrogen-bond donors (Lipinski definition) is 1. The molecule has 0 bridgehead atoms. The van der Waals surface area contributed by atoms with Gasteiger partial charge in [-0.15, -0.1) is 0 Å². The summed E-state index contributed by atoms with van der Waals surface area (Å²) in [5.41, 5.74) is -0.487. The molecule has 1 aromatic rings. The van der Waals surface area contributed by atoms with E-state index in [4.69, 9.17) is 0 Å². The van der Waals surface area contributed by atoms with Crippen LogP contribution in [0.3, 0.4) is 0 Å². The Morgan fingerprint density at radius 1 is 1.28 bits per heavy atom. The van der Waals surface area contributed by atoms with Gasteiger partial charge in [0.25, 0.3) is 0 Å². The average molecular weight is 278 g/mol. The largest absolute Gasteiger partial charge is 0.279 e. The number of nitrogens with zero attached hydrogens (tertiary/aromatic N) is 1. The van der Waals surface area contributed by atoms with Gasteiger partial charge in [0.05, 0.1) is 5.75 Å². The molecule has 18 heavy (non-hydrogen) atoms. The van der Waals surface area contributed by atoms with Gasteiger partial charge in [0.15, 0.2) is 0 Å². The van der Waals surface area contributed by atoms with Crippen LogP contribution in [0.1, 0.15) is 27.2 Å². The van der Waals surface area contributed by atoms with E-state index in [9.17, 15) is 17.2 Å². The quantitative estimate of drug-likeness (QED) is 0.861. The maximum Gasteiger partial charge on any atom is 0.239 e. The summed E-state index contributed by atoms with van der Waals surface area (Å²) >= 11 is 0. The minimum atomic E-state index is -3.66. The second-order valence-corrected chi connectivity index (χ2v) is 7.05. The van der Waals surface area contributed by atoms with Crippen LogP contribution in [-0.4, -0.2) is 19.2 Å². The fourth-order valence-electron chi connectivity index (χ4n) is 1.15. The van der Waals surface area contributed by atoms with Crippen LogP contribution in [0, 0.1) is 17.3 Å². The molecule has 0 aliphatic rings. The molecule has 0 saturated heterocycles. The first kappa shape index (κ1) is 14.8. The summed E-state index contributed by atoms with van der Waals surface area (Å²) < 4.78 is 51.2. The zero-order chi connectivity index (χ0) is 14.0. The van der Waals surface area contributed by atoms with E-state index in [1.807, 2.05) is 20.8 Å². The lowest BCUT2D eigenvalue weighted by molar-refractivity contribution is 0.397. The van der Waals surface area contributed by atoms with E-state index in [1.54, 1.807) is 0 Å². The van der Waals surface area contributed by atoms with E-state index >= 15 is 0 Å². The van der Waals surface area contributed by atoms with Gasteiger partial charge in [-0.2, -0.15) is 13.8 Å². The molecule has 0 atom stereocenters. The standard InChI is InChI=1S/C11H16F2N2O2S/c1-11(2,3)6-7-18(16,17)15-8-4-5-9(12)14-10(8)13/h4-5,15H,6-7H2,1-3H3. The summed E-state index contributed by atoms with van der Waals surface area (Å²) in [5, 5.41) is 0. The summed E-state index contributed by atoms with van der Waals surface area (Å²) in [5.74, 6) is -2.30. The van der Waals surface area contributed by atoms with Gasteiger partial charge in [-0.05, 0) is 24.0 Å². The number of halogens is 2. The molecule has 0 unspecified atom stereocenters. The minimum absolute atomic E-state index is 0.132. The van der Waals surface area contributed by atoms with Gasteiger partial charge in [0.2, 0.25) is 21.9 Å². The molecule has 102 valence electrons. The number of rotatable bonds is 4. The Morgan fingerprint density at radius 2 is 1.89 bits per heavy atom. The van der Waals surface area contributed by atoms with Gasteiger partial charge in [-0.1, -0.05) is 20.8 Å². The van der Waals surface area contributed by atoms with Crippen LogP contribution in [0.2, 0.25) is 0 Å². The molecule has 7 heteroatoms. The van der Waals surface area contributed by atoms with Crippen LogP contribution < -0.4 is 4.72 Å². The smallest absolute Gasteiger partial charge is 0.239 e. The number of sulfonamides is 1. The summed E-state index contributed by atoms with van der Waals surface area (Å²) in [7, 11) is -3.66. The van der Waals surface area contributed by atoms with Gasteiger partial charge in [-0.25, -0.2) is 8.42 Å². The molecule has 0 radical (unpaired) electrons. The van der Waals surface area contributed by atoms with Crippen molar-refractivity contribution in [2.75, 3.05) is 10.5 Å². The Hall–Kier alpha value is -1.24. The lowest BCUT2D eigenvalue weighted by Gasteiger charge is -2.18. The maximum absolute atomic E-state index is 13.2. The zero-order valence-corrected chi connectivity index (χ0v) is 11.3. The SMILES string of the molecule is CC(C)(C)CCS(=O)(=O)Nc1ccc(F)nc1F. The van der Waals surface area contributed by atoms with Crippen molar-refractivity contribution in [1.82, 2.24) is 4.98 Å². The third-order valence-electron chi connectivity index (χ3n) is 2.20. The highest BCUT2D eigenvalue weighted by Gasteiger charge is 2.19. The van der Waals surface area contributed by atoms with Gasteiger partial charge >= 0.3 is 0 Å². The highest BCUT2D eigenvalue weighted by molar-refractivity contribution is 7.92. The van der Waals surface area contributed by atoms with Crippen molar-refractivity contribution in [3.05, 3.63) is 24.0 Å². The molecule has 0 aliphatic carbocycles. The number of aromatic nitrogens is 1. The maximum atomic E-state index is 13.2. The number of nitrogens with one attached hydrogen (secondary N) is 1. The number of anilines is 1. The molecule has 0 spiro atoms. The highest BCUT2D eigenvalue weighted by atomic mass is 32.2. The van der Waals surface area contributed by atoms with E-state index in [2.05, 4.69) is 9.71 Å². The summed E-state index contributed by atoms with van der Waals surface area (Å²) in [4.78, 5) is 2.91. The predicted molar refractivity (Wildman–Crippen MR) is 65.6 cm³/mol. The Labute approximate surface area is 105 Å². The molecule has 1 rings (SSSR count). The van der Waals surface area contributed by atoms with E-state index < -0.39 is 21.9 Å². The lowest BCUT2D eigenvalue weighted by Crippen LogP contribution is -2.21. The van der Waals surface area contributed by atoms with Crippen molar-refractivity contribution in [2.45, 2.75) is 27.2 Å². The average Bonchev–Trinajstić information content (AvgIpc) is 2.19. The molecule has 4 nitrogen and oxygen atoms in total. The fraction of sp³-hybridized carbons (Fsp3) is 0.545. The first-order chi connectivity index (χ1) is 8.09. The van der Waals surface area contributed by atoms with Crippen molar-refractivity contribution in [3.63, 3.8) is 0 Å². The molecule has 1 heterocycles. The van der Waals surface area contributed by atoms with Crippen molar-refractivity contribution in [1.29, 1.82) is 0 Å². The second kappa shape index (κ2) is 5.17. The van der Waals surface area contributed by atoms with E-state index in [0.717, 1.165) is 12.1 Å². The monoisotopic (exact) mass is 278 g/mol. The van der Waals surface area contributed by atoms with Crippen molar-refractivity contribution < 1.29 is 17.2 Å². The molecular weight excluding hydrogens is 262 g/mol. The van der Waals surface area contributed by atoms with Crippen LogP contribution in [0.25, 0.3) is 0 Å². The normalized spacial score (nSPS) is 12.5. The van der Waals surface area contributed by atoms with Crippen LogP contribution in [0.15, 0.2) is 12.1 Å². The number of hydrogen-bond acceptors (Lipinski definition) is 3. The zero-order valence-electron chi connectivity index (χ0n) is 10.5. The molecule has 0 saturated carbocycles. The predicted octanol–water partition coefficient (Wildman–Crippen LogP) is 2.54. The van der Waals surface area contributed by atoms with E-state index in [0.29, 0.717) is 6.42 Å². The molecule has 0 amide bonds. The molecule has 0 aliphatic heterocycles. The van der Waals surface area contributed by atoms with E-state index in [1.165, 1.54) is 0 Å². The molecule has 0 aromatic carbocycles. The molecule has 1 N–H and O–H groups in total. The Bertz CT molecular complexity index is 524. The topological polar surface area (TPSA) is 59.1 Å². The Balaban J connectivity index is 2.77. The Kier molecular flexibility index (Phi) is 4.26. The third-order valence-corrected chi connectivity index (χ3v) is 3.47. The third kappa shape index (κ3) is 4.95. The Morgan fingerprint density at radius 3 is 2.39 bits per heavy atom. The number of pyridine rings is 1. The van der Waals surface area contributed by atoms with Gasteiger partial charge in [0, 0.05) is 0 Å². The van der Waals surface area contributed by atoms with Gasteiger partial charge in [0.1, 0.15) is 5.69 Å². The summed E-state index contributed by atoms with van der Waals surface area (Å²) in [6, 6.07) is 1.90. The summed E-state index contributed by atoms with van der Waals surface area (Å²) in [6.45, 7) is 5.72. The van der Waals surface area contributed by atoms with E-state index in [-0.39, 0.29) is 16.9 Å². The second-order valence-electron chi connectivity index (χ2n) is 5.20. The highest BCUT2D eigenvalue weighted by Crippen LogP contribution is 2.20. The van der Waals surface area contributed by atoms with Gasteiger partial charge in [-0.3, -0.25) is 4.72 Å².